The Morgan fingerprint density at radius 2 is 1.05 bits per heavy atom. The zero-order chi connectivity index (χ0) is 55.6. The van der Waals surface area contributed by atoms with E-state index in [1.807, 2.05) is 0 Å². The number of para-hydroxylation sites is 3. The summed E-state index contributed by atoms with van der Waals surface area (Å²) in [4.78, 5) is 5.32. The fourth-order valence-electron chi connectivity index (χ4n) is 16.5. The molecule has 1 N–H and O–H groups in total. The number of nitrogens with one attached hydrogen (secondary N) is 1. The molecular formula is C76H77BN4. The van der Waals surface area contributed by atoms with Crippen molar-refractivity contribution in [2.24, 2.45) is 0 Å². The molecule has 0 spiro atoms. The van der Waals surface area contributed by atoms with Crippen molar-refractivity contribution in [3.63, 3.8) is 0 Å². The highest BCUT2D eigenvalue weighted by Crippen LogP contribution is 2.63. The minimum absolute atomic E-state index is 0.0352. The van der Waals surface area contributed by atoms with Gasteiger partial charge >= 0.3 is 0 Å². The second-order valence-electron chi connectivity index (χ2n) is 28.2. The lowest BCUT2D eigenvalue weighted by Crippen LogP contribution is -2.54. The summed E-state index contributed by atoms with van der Waals surface area (Å²) in [5.41, 5.74) is 25.1. The number of nitrogens with zero attached hydrogens (tertiary/aromatic N) is 3. The summed E-state index contributed by atoms with van der Waals surface area (Å²) >= 11 is 0. The number of fused-ring (bicyclic) bond motifs is 12. The topological polar surface area (TPSA) is 23.4 Å². The second-order valence-corrected chi connectivity index (χ2v) is 28.2. The average Bonchev–Trinajstić information content (AvgIpc) is 4.08. The zero-order valence-electron chi connectivity index (χ0n) is 49.4. The average molecular weight is 1060 g/mol. The van der Waals surface area contributed by atoms with Crippen LogP contribution in [0.4, 0.5) is 39.8 Å². The van der Waals surface area contributed by atoms with Gasteiger partial charge in [0.25, 0.3) is 0 Å². The number of rotatable bonds is 7. The van der Waals surface area contributed by atoms with Crippen LogP contribution in [0, 0.1) is 0 Å². The maximum atomic E-state index is 4.22. The van der Waals surface area contributed by atoms with Crippen LogP contribution in [0.5, 0.6) is 0 Å². The molecule has 0 saturated heterocycles. The normalized spacial score (nSPS) is 21.4. The predicted octanol–water partition coefficient (Wildman–Crippen LogP) is 19.0. The predicted molar refractivity (Wildman–Crippen MR) is 348 cm³/mol. The van der Waals surface area contributed by atoms with Crippen molar-refractivity contribution in [2.45, 2.75) is 153 Å². The molecule has 81 heavy (non-hydrogen) atoms. The van der Waals surface area contributed by atoms with Gasteiger partial charge in [-0.25, -0.2) is 0 Å². The van der Waals surface area contributed by atoms with Gasteiger partial charge < -0.3 is 19.7 Å². The summed E-state index contributed by atoms with van der Waals surface area (Å²) in [7, 11) is 0.817. The van der Waals surface area contributed by atoms with E-state index in [0.29, 0.717) is 0 Å². The van der Waals surface area contributed by atoms with Gasteiger partial charge in [-0.2, -0.15) is 0 Å². The van der Waals surface area contributed by atoms with E-state index in [9.17, 15) is 0 Å². The fraction of sp³-hybridized carbons (Fsp3) is 0.316. The van der Waals surface area contributed by atoms with Gasteiger partial charge in [0.05, 0.1) is 22.3 Å². The largest absolute Gasteiger partial charge is 0.355 e. The minimum atomic E-state index is -0.174. The highest BCUT2D eigenvalue weighted by atomic mass is 15.3. The maximum absolute atomic E-state index is 4.22. The Bertz CT molecular complexity index is 4200. The van der Waals surface area contributed by atoms with Crippen molar-refractivity contribution in [1.82, 2.24) is 4.57 Å². The third-order valence-corrected chi connectivity index (χ3v) is 21.6. The minimum Gasteiger partial charge on any atom is -0.355 e. The standard InChI is InChI=1S/C76H77BN4/c1-71(2)39-40-72(3,4)59-43-49(32-35-57(59)71)78-63-36-33-52(79(50-24-13-11-14-25-50)51-26-15-12-16-27-51)44-55(63)56-45-66(81-64-30-20-19-29-58(64)75(9)37-21-22-38-76(75,81)10)67-54-34-31-48-23-17-18-28-53(48)69(54)80-65-47-61-60(46-62(65)77-68(56)70(67)80)73(5,6)41-42-74(61,7)8/h11-20,23-36,43-47,77-78H,21-22,37-42H2,1-10H3. The van der Waals surface area contributed by atoms with Crippen LogP contribution in [0.1, 0.15) is 148 Å². The molecule has 1 saturated carbocycles. The number of hydrogen-bond donors (Lipinski definition) is 1. The van der Waals surface area contributed by atoms with Crippen LogP contribution in [-0.2, 0) is 27.1 Å². The van der Waals surface area contributed by atoms with Crippen molar-refractivity contribution in [3.05, 3.63) is 204 Å². The molecule has 1 aromatic heterocycles. The van der Waals surface area contributed by atoms with Crippen LogP contribution in [0.25, 0.3) is 49.4 Å². The molecule has 2 atom stereocenters. The van der Waals surface area contributed by atoms with E-state index in [1.54, 1.807) is 0 Å². The first-order chi connectivity index (χ1) is 38.9. The van der Waals surface area contributed by atoms with Crippen LogP contribution in [-0.4, -0.2) is 17.4 Å². The highest BCUT2D eigenvalue weighted by Gasteiger charge is 2.58. The van der Waals surface area contributed by atoms with E-state index in [-0.39, 0.29) is 32.6 Å². The van der Waals surface area contributed by atoms with E-state index in [0.717, 1.165) is 48.6 Å². The van der Waals surface area contributed by atoms with Crippen molar-refractivity contribution in [1.29, 1.82) is 0 Å². The van der Waals surface area contributed by atoms with Crippen LogP contribution in [0.2, 0.25) is 0 Å². The molecule has 15 rings (SSSR count). The first-order valence-corrected chi connectivity index (χ1v) is 30.4. The molecule has 404 valence electrons. The molecule has 10 aromatic rings. The Balaban J connectivity index is 1.09. The van der Waals surface area contributed by atoms with Gasteiger partial charge in [-0.05, 0) is 184 Å². The van der Waals surface area contributed by atoms with E-state index in [4.69, 9.17) is 0 Å². The Kier molecular flexibility index (Phi) is 10.9. The number of aromatic nitrogens is 1. The van der Waals surface area contributed by atoms with Crippen LogP contribution >= 0.6 is 0 Å². The van der Waals surface area contributed by atoms with E-state index >= 15 is 0 Å². The smallest absolute Gasteiger partial charge is 0.198 e. The Morgan fingerprint density at radius 3 is 1.77 bits per heavy atom. The second kappa shape index (κ2) is 17.5. The zero-order valence-corrected chi connectivity index (χ0v) is 49.4. The molecule has 3 aliphatic carbocycles. The molecule has 0 radical (unpaired) electrons. The van der Waals surface area contributed by atoms with Crippen molar-refractivity contribution in [2.75, 3.05) is 15.1 Å². The quantitative estimate of drug-likeness (QED) is 0.161. The summed E-state index contributed by atoms with van der Waals surface area (Å²) in [5, 5.41) is 9.48. The summed E-state index contributed by atoms with van der Waals surface area (Å²) in [6, 6.07) is 68.0. The van der Waals surface area contributed by atoms with Crippen LogP contribution < -0.4 is 26.0 Å². The summed E-state index contributed by atoms with van der Waals surface area (Å²) in [5.74, 6) is 0. The molecule has 0 amide bonds. The van der Waals surface area contributed by atoms with Gasteiger partial charge in [0.15, 0.2) is 7.28 Å². The Hall–Kier alpha value is -7.50. The van der Waals surface area contributed by atoms with Crippen LogP contribution in [0.3, 0.4) is 0 Å². The summed E-state index contributed by atoms with van der Waals surface area (Å²) in [6.07, 6.45) is 9.43. The first kappa shape index (κ1) is 50.5. The number of hydrogen-bond acceptors (Lipinski definition) is 3. The number of anilines is 7. The monoisotopic (exact) mass is 1060 g/mol. The molecule has 5 heteroatoms. The number of benzene rings is 9. The van der Waals surface area contributed by atoms with E-state index in [2.05, 4.69) is 265 Å². The van der Waals surface area contributed by atoms with Gasteiger partial charge in [-0.1, -0.05) is 184 Å². The first-order valence-electron chi connectivity index (χ1n) is 30.4. The lowest BCUT2D eigenvalue weighted by molar-refractivity contribution is 0.195. The molecule has 2 unspecified atom stereocenters. The van der Waals surface area contributed by atoms with E-state index in [1.165, 1.54) is 138 Å². The molecule has 3 heterocycles. The molecule has 5 aliphatic rings. The SMILES string of the molecule is CC1(C)CCC(C)(C)c2cc(Nc3ccc(N(c4ccccc4)c4ccccc4)cc3-c3cc(N4c5ccccc5C5(C)CCCCC45C)c4c5ccc6ccccc6c5n5c4c3Bc3cc4c(cc3-5)C(C)(C)CCC4(C)C)ccc21. The third-order valence-electron chi connectivity index (χ3n) is 21.6. The Morgan fingerprint density at radius 1 is 0.432 bits per heavy atom. The van der Waals surface area contributed by atoms with Crippen molar-refractivity contribution < 1.29 is 0 Å². The lowest BCUT2D eigenvalue weighted by atomic mass is 9.55. The third kappa shape index (κ3) is 7.35. The molecule has 2 aliphatic heterocycles. The van der Waals surface area contributed by atoms with Gasteiger partial charge in [-0.15, -0.1) is 0 Å². The van der Waals surface area contributed by atoms with Gasteiger partial charge in [0.2, 0.25) is 0 Å². The van der Waals surface area contributed by atoms with Gasteiger partial charge in [-0.3, -0.25) is 0 Å². The van der Waals surface area contributed by atoms with E-state index < -0.39 is 0 Å². The Labute approximate surface area is 481 Å². The van der Waals surface area contributed by atoms with Gasteiger partial charge in [0, 0.05) is 66.9 Å². The molecule has 9 aromatic carbocycles. The molecule has 1 fully saturated rings. The molecule has 4 nitrogen and oxygen atoms in total. The maximum Gasteiger partial charge on any atom is 0.198 e. The fourth-order valence-corrected chi connectivity index (χ4v) is 16.5. The van der Waals surface area contributed by atoms with Crippen molar-refractivity contribution in [3.8, 4) is 16.8 Å². The van der Waals surface area contributed by atoms with Gasteiger partial charge in [0.1, 0.15) is 0 Å². The molecule has 0 bridgehead atoms. The summed E-state index contributed by atoms with van der Waals surface area (Å²) < 4.78 is 2.78. The van der Waals surface area contributed by atoms with Crippen LogP contribution in [0.15, 0.2) is 176 Å². The highest BCUT2D eigenvalue weighted by molar-refractivity contribution is 6.74. The summed E-state index contributed by atoms with van der Waals surface area (Å²) in [6.45, 7) is 24.9. The lowest BCUT2D eigenvalue weighted by Gasteiger charge is -2.50. The molecular weight excluding hydrogens is 980 g/mol. The van der Waals surface area contributed by atoms with Crippen molar-refractivity contribution >= 4 is 90.6 Å².